The fourth-order valence-electron chi connectivity index (χ4n) is 3.84. The Labute approximate surface area is 130 Å². The zero-order valence-corrected chi connectivity index (χ0v) is 13.9. The Morgan fingerprint density at radius 3 is 2.76 bits per heavy atom. The molecule has 2 saturated heterocycles. The van der Waals surface area contributed by atoms with Gasteiger partial charge < -0.3 is 15.5 Å². The lowest BCUT2D eigenvalue weighted by Gasteiger charge is -2.40. The third-order valence-corrected chi connectivity index (χ3v) is 5.18. The number of piperidine rings is 2. The topological polar surface area (TPSA) is 49.6 Å². The number of carbonyl (C=O) groups excluding carboxylic acids is 1. The molecule has 0 bridgehead atoms. The first kappa shape index (κ1) is 16.8. The Morgan fingerprint density at radius 2 is 2.05 bits per heavy atom. The van der Waals surface area contributed by atoms with Crippen LogP contribution in [0.3, 0.4) is 0 Å². The van der Waals surface area contributed by atoms with Gasteiger partial charge in [0.25, 0.3) is 0 Å². The highest BCUT2D eigenvalue weighted by Crippen LogP contribution is 2.23. The molecule has 0 saturated carbocycles. The highest BCUT2D eigenvalue weighted by atomic mass is 16.2. The second-order valence-corrected chi connectivity index (χ2v) is 7.03. The first-order valence-corrected chi connectivity index (χ1v) is 8.90. The predicted octanol–water partition coefficient (Wildman–Crippen LogP) is 2.23. The predicted molar refractivity (Wildman–Crippen MR) is 87.1 cm³/mol. The molecule has 0 unspecified atom stereocenters. The summed E-state index contributed by atoms with van der Waals surface area (Å²) in [6.07, 6.45) is 8.22. The smallest absolute Gasteiger partial charge is 0.239 e. The van der Waals surface area contributed by atoms with Crippen molar-refractivity contribution in [3.8, 4) is 0 Å². The standard InChI is InChI=1S/C17H33N3O/c1-3-7-16(18)17(21)20-11-6-9-15(13-20)12-19-10-5-4-8-14(19)2/h14-16H,3-13,18H2,1-2H3/t14-,15-,16+/m1/s1. The summed E-state index contributed by atoms with van der Waals surface area (Å²) in [6, 6.07) is 0.426. The average molecular weight is 295 g/mol. The lowest BCUT2D eigenvalue weighted by atomic mass is 9.94. The second-order valence-electron chi connectivity index (χ2n) is 7.03. The fraction of sp³-hybridized carbons (Fsp3) is 0.941. The molecule has 0 aromatic rings. The Kier molecular flexibility index (Phi) is 6.49. The minimum Gasteiger partial charge on any atom is -0.341 e. The summed E-state index contributed by atoms with van der Waals surface area (Å²) in [5, 5.41) is 0. The van der Waals surface area contributed by atoms with E-state index in [2.05, 4.69) is 18.7 Å². The lowest BCUT2D eigenvalue weighted by molar-refractivity contribution is -0.134. The number of carbonyl (C=O) groups is 1. The van der Waals surface area contributed by atoms with Crippen molar-refractivity contribution >= 4 is 5.91 Å². The maximum Gasteiger partial charge on any atom is 0.239 e. The van der Waals surface area contributed by atoms with Crippen LogP contribution < -0.4 is 5.73 Å². The van der Waals surface area contributed by atoms with Crippen LogP contribution in [0.25, 0.3) is 0 Å². The molecule has 0 aromatic carbocycles. The molecule has 1 amide bonds. The number of hydrogen-bond acceptors (Lipinski definition) is 3. The van der Waals surface area contributed by atoms with Gasteiger partial charge >= 0.3 is 0 Å². The Hall–Kier alpha value is -0.610. The summed E-state index contributed by atoms with van der Waals surface area (Å²) in [5.74, 6) is 0.810. The zero-order chi connectivity index (χ0) is 15.2. The van der Waals surface area contributed by atoms with Gasteiger partial charge in [-0.05, 0) is 51.5 Å². The van der Waals surface area contributed by atoms with E-state index < -0.39 is 0 Å². The van der Waals surface area contributed by atoms with Gasteiger partial charge in [-0.15, -0.1) is 0 Å². The van der Waals surface area contributed by atoms with Crippen LogP contribution in [0, 0.1) is 5.92 Å². The monoisotopic (exact) mass is 295 g/mol. The van der Waals surface area contributed by atoms with Crippen molar-refractivity contribution in [3.63, 3.8) is 0 Å². The van der Waals surface area contributed by atoms with Gasteiger partial charge in [-0.25, -0.2) is 0 Å². The van der Waals surface area contributed by atoms with E-state index >= 15 is 0 Å². The maximum absolute atomic E-state index is 12.4. The van der Waals surface area contributed by atoms with Gasteiger partial charge in [-0.2, -0.15) is 0 Å². The highest BCUT2D eigenvalue weighted by Gasteiger charge is 2.29. The van der Waals surface area contributed by atoms with Crippen molar-refractivity contribution in [1.82, 2.24) is 9.80 Å². The molecule has 2 heterocycles. The molecule has 122 valence electrons. The molecule has 4 nitrogen and oxygen atoms in total. The van der Waals surface area contributed by atoms with Crippen LogP contribution in [0.1, 0.15) is 58.8 Å². The molecule has 2 aliphatic rings. The van der Waals surface area contributed by atoms with Crippen LogP contribution in [0.5, 0.6) is 0 Å². The summed E-state index contributed by atoms with van der Waals surface area (Å²) in [4.78, 5) is 17.0. The zero-order valence-electron chi connectivity index (χ0n) is 13.9. The summed E-state index contributed by atoms with van der Waals surface area (Å²) >= 11 is 0. The summed E-state index contributed by atoms with van der Waals surface area (Å²) in [6.45, 7) is 8.66. The first-order chi connectivity index (χ1) is 10.1. The van der Waals surface area contributed by atoms with E-state index in [0.29, 0.717) is 12.0 Å². The third kappa shape index (κ3) is 4.68. The fourth-order valence-corrected chi connectivity index (χ4v) is 3.84. The molecule has 21 heavy (non-hydrogen) atoms. The minimum absolute atomic E-state index is 0.174. The molecule has 3 atom stereocenters. The Morgan fingerprint density at radius 1 is 1.24 bits per heavy atom. The van der Waals surface area contributed by atoms with Gasteiger partial charge in [0.05, 0.1) is 6.04 Å². The third-order valence-electron chi connectivity index (χ3n) is 5.18. The minimum atomic E-state index is -0.289. The van der Waals surface area contributed by atoms with E-state index in [9.17, 15) is 4.79 Å². The lowest BCUT2D eigenvalue weighted by Crippen LogP contribution is -2.50. The van der Waals surface area contributed by atoms with Crippen LogP contribution in [0.15, 0.2) is 0 Å². The molecule has 2 N–H and O–H groups in total. The molecule has 2 fully saturated rings. The van der Waals surface area contributed by atoms with E-state index in [1.165, 1.54) is 32.2 Å². The van der Waals surface area contributed by atoms with E-state index in [4.69, 9.17) is 5.73 Å². The highest BCUT2D eigenvalue weighted by molar-refractivity contribution is 5.81. The maximum atomic E-state index is 12.4. The van der Waals surface area contributed by atoms with Crippen molar-refractivity contribution in [1.29, 1.82) is 0 Å². The first-order valence-electron chi connectivity index (χ1n) is 8.90. The van der Waals surface area contributed by atoms with Gasteiger partial charge in [0.2, 0.25) is 5.91 Å². The summed E-state index contributed by atoms with van der Waals surface area (Å²) in [5.41, 5.74) is 6.01. The van der Waals surface area contributed by atoms with E-state index in [0.717, 1.165) is 38.9 Å². The molecule has 0 spiro atoms. The van der Waals surface area contributed by atoms with Crippen LogP contribution in [0.2, 0.25) is 0 Å². The van der Waals surface area contributed by atoms with Gasteiger partial charge in [-0.3, -0.25) is 4.79 Å². The summed E-state index contributed by atoms with van der Waals surface area (Å²) < 4.78 is 0. The van der Waals surface area contributed by atoms with Crippen molar-refractivity contribution < 1.29 is 4.79 Å². The second kappa shape index (κ2) is 8.14. The molecule has 2 aliphatic heterocycles. The SMILES string of the molecule is CCC[C@H](N)C(=O)N1CCC[C@H](CN2CCCC[C@H]2C)C1. The molecule has 2 rings (SSSR count). The normalized spacial score (nSPS) is 29.4. The Bertz CT molecular complexity index is 334. The van der Waals surface area contributed by atoms with Crippen molar-refractivity contribution in [3.05, 3.63) is 0 Å². The van der Waals surface area contributed by atoms with E-state index in [-0.39, 0.29) is 11.9 Å². The number of hydrogen-bond donors (Lipinski definition) is 1. The van der Waals surface area contributed by atoms with Crippen LogP contribution in [-0.2, 0) is 4.79 Å². The van der Waals surface area contributed by atoms with Crippen LogP contribution in [0.4, 0.5) is 0 Å². The number of nitrogens with zero attached hydrogens (tertiary/aromatic N) is 2. The quantitative estimate of drug-likeness (QED) is 0.846. The van der Waals surface area contributed by atoms with Crippen LogP contribution >= 0.6 is 0 Å². The number of likely N-dealkylation sites (tertiary alicyclic amines) is 2. The van der Waals surface area contributed by atoms with Crippen molar-refractivity contribution in [2.75, 3.05) is 26.2 Å². The number of rotatable bonds is 5. The Balaban J connectivity index is 1.84. The van der Waals surface area contributed by atoms with Crippen molar-refractivity contribution in [2.24, 2.45) is 11.7 Å². The molecule has 0 radical (unpaired) electrons. The molecule has 0 aliphatic carbocycles. The van der Waals surface area contributed by atoms with Crippen molar-refractivity contribution in [2.45, 2.75) is 70.9 Å². The van der Waals surface area contributed by atoms with Gasteiger partial charge in [0.1, 0.15) is 0 Å². The van der Waals surface area contributed by atoms with E-state index in [1.807, 2.05) is 4.90 Å². The van der Waals surface area contributed by atoms with E-state index in [1.54, 1.807) is 0 Å². The summed E-state index contributed by atoms with van der Waals surface area (Å²) in [7, 11) is 0. The molecular formula is C17H33N3O. The molecule has 0 aromatic heterocycles. The largest absolute Gasteiger partial charge is 0.341 e. The molecule has 4 heteroatoms. The number of amides is 1. The average Bonchev–Trinajstić information content (AvgIpc) is 2.49. The van der Waals surface area contributed by atoms with Gasteiger partial charge in [-0.1, -0.05) is 19.8 Å². The van der Waals surface area contributed by atoms with Gasteiger partial charge in [0, 0.05) is 25.7 Å². The number of nitrogens with two attached hydrogens (primary N) is 1. The molecular weight excluding hydrogens is 262 g/mol. The van der Waals surface area contributed by atoms with Crippen LogP contribution in [-0.4, -0.2) is 54.0 Å². The van der Waals surface area contributed by atoms with Gasteiger partial charge in [0.15, 0.2) is 0 Å².